The van der Waals surface area contributed by atoms with E-state index in [9.17, 15) is 19.2 Å². The van der Waals surface area contributed by atoms with E-state index in [1.165, 1.54) is 7.11 Å². The number of unbranched alkanes of at least 4 members (excludes halogenated alkanes) is 2. The largest absolute Gasteiger partial charge is 0.468 e. The zero-order valence-corrected chi connectivity index (χ0v) is 23.1. The lowest BCUT2D eigenvalue weighted by Gasteiger charge is -2.19. The van der Waals surface area contributed by atoms with E-state index in [1.807, 2.05) is 34.6 Å². The van der Waals surface area contributed by atoms with E-state index in [4.69, 9.17) is 18.9 Å². The fraction of sp³-hybridized carbons (Fsp3) is 0.643. The topological polar surface area (TPSA) is 117 Å². The lowest BCUT2D eigenvalue weighted by Crippen LogP contribution is -2.41. The van der Waals surface area contributed by atoms with Gasteiger partial charge in [0.15, 0.2) is 11.5 Å². The predicted octanol–water partition coefficient (Wildman–Crippen LogP) is 4.39. The van der Waals surface area contributed by atoms with Crippen LogP contribution in [-0.4, -0.2) is 50.2 Å². The van der Waals surface area contributed by atoms with Crippen LogP contribution in [0.3, 0.4) is 0 Å². The Kier molecular flexibility index (Phi) is 15.2. The summed E-state index contributed by atoms with van der Waals surface area (Å²) in [7, 11) is 1.29. The zero-order chi connectivity index (χ0) is 27.8. The number of nitrogens with one attached hydrogen (secondary N) is 1. The highest BCUT2D eigenvalue weighted by atomic mass is 16.6. The minimum Gasteiger partial charge on any atom is -0.468 e. The molecule has 0 aliphatic carbocycles. The van der Waals surface area contributed by atoms with Gasteiger partial charge in [-0.3, -0.25) is 19.2 Å². The zero-order valence-electron chi connectivity index (χ0n) is 23.1. The van der Waals surface area contributed by atoms with E-state index in [2.05, 4.69) is 5.32 Å². The summed E-state index contributed by atoms with van der Waals surface area (Å²) in [6, 6.07) is 4.13. The summed E-state index contributed by atoms with van der Waals surface area (Å²) in [4.78, 5) is 48.9. The number of carbonyl (C=O) groups is 4. The van der Waals surface area contributed by atoms with Crippen LogP contribution in [0.15, 0.2) is 18.2 Å². The summed E-state index contributed by atoms with van der Waals surface area (Å²) in [6.07, 6.45) is 3.78. The third kappa shape index (κ3) is 12.2. The molecule has 0 aromatic heterocycles. The SMILES string of the molecule is CCCCC(=O)Oc1ccc(C[C@H](NCCOC(=O)C(C)C(C)C)C(=O)OC)cc1OC(=O)CCCC. The standard InChI is InChI=1S/C28H43NO8/c1-7-9-11-25(30)36-23-14-13-21(18-24(23)37-26(31)12-10-8-2)17-22(28(33)34-6)29-15-16-35-27(32)20(5)19(3)4/h13-14,18-20,22,29H,7-12,15-17H2,1-6H3/t20?,22-/m0/s1. The summed E-state index contributed by atoms with van der Waals surface area (Å²) in [5.41, 5.74) is 0.667. The Labute approximate surface area is 220 Å². The Balaban J connectivity index is 2.95. The normalized spacial score (nSPS) is 12.5. The summed E-state index contributed by atoms with van der Waals surface area (Å²) in [5.74, 6) is -1.37. The van der Waals surface area contributed by atoms with Crippen LogP contribution < -0.4 is 14.8 Å². The highest BCUT2D eigenvalue weighted by molar-refractivity contribution is 5.77. The highest BCUT2D eigenvalue weighted by Gasteiger charge is 2.22. The van der Waals surface area contributed by atoms with Gasteiger partial charge in [-0.2, -0.15) is 0 Å². The number of rotatable bonds is 17. The molecule has 1 aromatic rings. The summed E-state index contributed by atoms with van der Waals surface area (Å²) in [5, 5.41) is 3.06. The molecule has 0 saturated carbocycles. The number of methoxy groups -OCH3 is 1. The molecule has 0 heterocycles. The molecule has 0 fully saturated rings. The van der Waals surface area contributed by atoms with Crippen LogP contribution in [0.1, 0.15) is 78.7 Å². The maximum Gasteiger partial charge on any atom is 0.323 e. The number of hydrogen-bond acceptors (Lipinski definition) is 9. The van der Waals surface area contributed by atoms with Crippen molar-refractivity contribution in [1.29, 1.82) is 0 Å². The van der Waals surface area contributed by atoms with Crippen LogP contribution in [0, 0.1) is 11.8 Å². The van der Waals surface area contributed by atoms with Gasteiger partial charge in [-0.05, 0) is 42.9 Å². The molecular formula is C28H43NO8. The van der Waals surface area contributed by atoms with Gasteiger partial charge in [-0.25, -0.2) is 0 Å². The molecule has 0 saturated heterocycles. The fourth-order valence-corrected chi connectivity index (χ4v) is 3.24. The molecule has 1 unspecified atom stereocenters. The average Bonchev–Trinajstić information content (AvgIpc) is 2.88. The van der Waals surface area contributed by atoms with Crippen molar-refractivity contribution in [3.63, 3.8) is 0 Å². The maximum atomic E-state index is 12.4. The number of ether oxygens (including phenoxy) is 4. The van der Waals surface area contributed by atoms with Crippen molar-refractivity contribution in [2.24, 2.45) is 11.8 Å². The Morgan fingerprint density at radius 3 is 2.00 bits per heavy atom. The van der Waals surface area contributed by atoms with Gasteiger partial charge in [0.25, 0.3) is 0 Å². The van der Waals surface area contributed by atoms with Crippen molar-refractivity contribution in [1.82, 2.24) is 5.32 Å². The van der Waals surface area contributed by atoms with Crippen LogP contribution in [0.2, 0.25) is 0 Å². The van der Waals surface area contributed by atoms with E-state index in [0.29, 0.717) is 18.4 Å². The molecule has 9 nitrogen and oxygen atoms in total. The van der Waals surface area contributed by atoms with Crippen molar-refractivity contribution in [3.05, 3.63) is 23.8 Å². The smallest absolute Gasteiger partial charge is 0.323 e. The molecule has 0 spiro atoms. The first kappa shape index (κ1) is 32.1. The first-order chi connectivity index (χ1) is 17.6. The van der Waals surface area contributed by atoms with Gasteiger partial charge >= 0.3 is 23.9 Å². The van der Waals surface area contributed by atoms with Gasteiger partial charge in [-0.1, -0.05) is 53.5 Å². The lowest BCUT2D eigenvalue weighted by atomic mass is 9.99. The molecule has 1 aromatic carbocycles. The molecule has 208 valence electrons. The van der Waals surface area contributed by atoms with Gasteiger partial charge < -0.3 is 24.3 Å². The molecule has 37 heavy (non-hydrogen) atoms. The molecule has 0 amide bonds. The maximum absolute atomic E-state index is 12.4. The van der Waals surface area contributed by atoms with Crippen LogP contribution >= 0.6 is 0 Å². The summed E-state index contributed by atoms with van der Waals surface area (Å²) >= 11 is 0. The Hall–Kier alpha value is -2.94. The van der Waals surface area contributed by atoms with Crippen molar-refractivity contribution in [2.45, 2.75) is 85.6 Å². The van der Waals surface area contributed by atoms with Gasteiger partial charge in [0.05, 0.1) is 13.0 Å². The molecule has 1 N–H and O–H groups in total. The van der Waals surface area contributed by atoms with Crippen LogP contribution in [0.4, 0.5) is 0 Å². The molecule has 1 rings (SSSR count). The Morgan fingerprint density at radius 1 is 0.865 bits per heavy atom. The van der Waals surface area contributed by atoms with E-state index in [-0.39, 0.29) is 61.7 Å². The quantitative estimate of drug-likeness (QED) is 0.181. The molecule has 0 aliphatic heterocycles. The van der Waals surface area contributed by atoms with Crippen LogP contribution in [0.5, 0.6) is 11.5 Å². The average molecular weight is 522 g/mol. The fourth-order valence-electron chi connectivity index (χ4n) is 3.24. The predicted molar refractivity (Wildman–Crippen MR) is 139 cm³/mol. The van der Waals surface area contributed by atoms with Gasteiger partial charge in [0, 0.05) is 19.4 Å². The van der Waals surface area contributed by atoms with E-state index in [0.717, 1.165) is 12.8 Å². The van der Waals surface area contributed by atoms with E-state index in [1.54, 1.807) is 18.2 Å². The van der Waals surface area contributed by atoms with Crippen LogP contribution in [-0.2, 0) is 35.1 Å². The van der Waals surface area contributed by atoms with Crippen molar-refractivity contribution in [3.8, 4) is 11.5 Å². The van der Waals surface area contributed by atoms with E-state index < -0.39 is 23.9 Å². The van der Waals surface area contributed by atoms with Gasteiger partial charge in [0.1, 0.15) is 12.6 Å². The second kappa shape index (κ2) is 17.5. The third-order valence-electron chi connectivity index (χ3n) is 5.96. The summed E-state index contributed by atoms with van der Waals surface area (Å²) in [6.45, 7) is 10.0. The third-order valence-corrected chi connectivity index (χ3v) is 5.96. The van der Waals surface area contributed by atoms with Gasteiger partial charge in [0.2, 0.25) is 0 Å². The molecule has 0 bridgehead atoms. The second-order valence-corrected chi connectivity index (χ2v) is 9.37. The van der Waals surface area contributed by atoms with Crippen LogP contribution in [0.25, 0.3) is 0 Å². The molecular weight excluding hydrogens is 478 g/mol. The van der Waals surface area contributed by atoms with Crippen molar-refractivity contribution < 1.29 is 38.1 Å². The number of benzene rings is 1. The van der Waals surface area contributed by atoms with E-state index >= 15 is 0 Å². The molecule has 0 aliphatic rings. The lowest BCUT2D eigenvalue weighted by molar-refractivity contribution is -0.149. The van der Waals surface area contributed by atoms with Crippen molar-refractivity contribution >= 4 is 23.9 Å². The van der Waals surface area contributed by atoms with Crippen molar-refractivity contribution in [2.75, 3.05) is 20.3 Å². The minimum atomic E-state index is -0.729. The molecule has 0 radical (unpaired) electrons. The number of hydrogen-bond donors (Lipinski definition) is 1. The second-order valence-electron chi connectivity index (χ2n) is 9.37. The Bertz CT molecular complexity index is 883. The first-order valence-electron chi connectivity index (χ1n) is 13.1. The molecule has 9 heteroatoms. The Morgan fingerprint density at radius 2 is 1.46 bits per heavy atom. The number of carbonyl (C=O) groups excluding carboxylic acids is 4. The first-order valence-corrected chi connectivity index (χ1v) is 13.1. The molecule has 2 atom stereocenters. The van der Waals surface area contributed by atoms with Gasteiger partial charge in [-0.15, -0.1) is 0 Å². The monoisotopic (exact) mass is 521 g/mol. The summed E-state index contributed by atoms with van der Waals surface area (Å²) < 4.78 is 21.2. The number of esters is 4. The minimum absolute atomic E-state index is 0.107. The highest BCUT2D eigenvalue weighted by Crippen LogP contribution is 2.30.